The molecule has 0 heterocycles. The van der Waals surface area contributed by atoms with Crippen molar-refractivity contribution in [3.8, 4) is 0 Å². The standard InChI is InChI=1S/C72H128O6/c1-4-7-10-13-16-19-22-25-28-31-33-35-37-38-41-44-47-50-53-56-59-62-65-71(74)77-68-69(67-76-70(73)64-61-58-55-52-49-46-43-40-30-27-24-21-18-15-12-9-6-3)78-72(75)66-63-60-57-54-51-48-45-42-39-36-34-32-29-26-23-20-17-14-11-8-5-2/h9,12,18,21,23,26-27,30,32,34,39,42,69H,4-8,10-11,13-17,19-20,22,24-25,28-29,31,33,35-38,40-41,43-68H2,1-3H3/b12-9-,21-18-,26-23-,30-27-,34-32-,42-39-. The zero-order valence-electron chi connectivity index (χ0n) is 51.9. The van der Waals surface area contributed by atoms with E-state index in [9.17, 15) is 14.4 Å². The molecule has 0 saturated heterocycles. The molecule has 0 aliphatic heterocycles. The van der Waals surface area contributed by atoms with Gasteiger partial charge in [-0.2, -0.15) is 0 Å². The zero-order chi connectivity index (χ0) is 56.4. The van der Waals surface area contributed by atoms with Crippen LogP contribution < -0.4 is 0 Å². The average Bonchev–Trinajstić information content (AvgIpc) is 3.44. The third-order valence-electron chi connectivity index (χ3n) is 14.9. The highest BCUT2D eigenvalue weighted by Gasteiger charge is 2.19. The molecule has 0 amide bonds. The minimum atomic E-state index is -0.787. The third kappa shape index (κ3) is 63.7. The summed E-state index contributed by atoms with van der Waals surface area (Å²) in [5.41, 5.74) is 0. The molecule has 0 saturated carbocycles. The van der Waals surface area contributed by atoms with Gasteiger partial charge in [0.1, 0.15) is 13.2 Å². The summed E-state index contributed by atoms with van der Waals surface area (Å²) in [5.74, 6) is -0.884. The first-order valence-corrected chi connectivity index (χ1v) is 33.9. The summed E-state index contributed by atoms with van der Waals surface area (Å²) in [5, 5.41) is 0. The van der Waals surface area contributed by atoms with Crippen molar-refractivity contribution in [3.63, 3.8) is 0 Å². The predicted octanol–water partition coefficient (Wildman–Crippen LogP) is 23.3. The molecule has 0 rings (SSSR count). The Morgan fingerprint density at radius 1 is 0.269 bits per heavy atom. The highest BCUT2D eigenvalue weighted by atomic mass is 16.6. The summed E-state index contributed by atoms with van der Waals surface area (Å²) in [4.78, 5) is 38.4. The van der Waals surface area contributed by atoms with Crippen molar-refractivity contribution in [2.75, 3.05) is 13.2 Å². The predicted molar refractivity (Wildman–Crippen MR) is 339 cm³/mol. The molecule has 0 fully saturated rings. The SMILES string of the molecule is CC/C=C\C/C=C\C/C=C\CCCCCCCCCC(=O)OCC(COC(=O)CCCCCCCCCCCCCCCCCCCCCCCC)OC(=O)CCCCCCCC/C=C\C/C=C\C/C=C\CCCCCCC. The maximum atomic E-state index is 12.9. The molecular formula is C72H128O6. The number of carbonyl (C=O) groups excluding carboxylic acids is 3. The highest BCUT2D eigenvalue weighted by Crippen LogP contribution is 2.17. The first-order valence-electron chi connectivity index (χ1n) is 33.9. The van der Waals surface area contributed by atoms with Crippen LogP contribution in [0.3, 0.4) is 0 Å². The van der Waals surface area contributed by atoms with Gasteiger partial charge in [-0.1, -0.05) is 312 Å². The Bertz CT molecular complexity index is 1440. The average molecular weight is 1090 g/mol. The van der Waals surface area contributed by atoms with E-state index in [0.717, 1.165) is 109 Å². The molecule has 0 spiro atoms. The Balaban J connectivity index is 4.37. The number of esters is 3. The molecule has 6 heteroatoms. The van der Waals surface area contributed by atoms with Gasteiger partial charge in [0.25, 0.3) is 0 Å². The second-order valence-corrected chi connectivity index (χ2v) is 22.7. The van der Waals surface area contributed by atoms with Gasteiger partial charge in [0, 0.05) is 19.3 Å². The van der Waals surface area contributed by atoms with E-state index >= 15 is 0 Å². The molecule has 0 bridgehead atoms. The lowest BCUT2D eigenvalue weighted by molar-refractivity contribution is -0.167. The number of hydrogen-bond acceptors (Lipinski definition) is 6. The molecule has 0 aromatic carbocycles. The lowest BCUT2D eigenvalue weighted by Gasteiger charge is -2.18. The molecule has 6 nitrogen and oxygen atoms in total. The first-order chi connectivity index (χ1) is 38.5. The minimum Gasteiger partial charge on any atom is -0.462 e. The van der Waals surface area contributed by atoms with Crippen LogP contribution in [0.1, 0.15) is 348 Å². The van der Waals surface area contributed by atoms with Crippen LogP contribution in [0.25, 0.3) is 0 Å². The van der Waals surface area contributed by atoms with E-state index in [2.05, 4.69) is 93.7 Å². The molecule has 0 radical (unpaired) electrons. The van der Waals surface area contributed by atoms with Crippen LogP contribution in [-0.4, -0.2) is 37.2 Å². The molecule has 0 aromatic heterocycles. The van der Waals surface area contributed by atoms with Crippen LogP contribution >= 0.6 is 0 Å². The molecule has 78 heavy (non-hydrogen) atoms. The van der Waals surface area contributed by atoms with Crippen molar-refractivity contribution < 1.29 is 28.6 Å². The smallest absolute Gasteiger partial charge is 0.306 e. The van der Waals surface area contributed by atoms with Crippen LogP contribution in [0.15, 0.2) is 72.9 Å². The summed E-state index contributed by atoms with van der Waals surface area (Å²) < 4.78 is 17.0. The van der Waals surface area contributed by atoms with E-state index in [1.807, 2.05) is 0 Å². The molecule has 1 atom stereocenters. The summed E-state index contributed by atoms with van der Waals surface area (Å²) in [6, 6.07) is 0. The number of carbonyl (C=O) groups is 3. The Morgan fingerprint density at radius 3 is 0.782 bits per heavy atom. The number of ether oxygens (including phenoxy) is 3. The number of allylic oxidation sites excluding steroid dienone is 12. The maximum Gasteiger partial charge on any atom is 0.306 e. The van der Waals surface area contributed by atoms with Crippen LogP contribution in [0.4, 0.5) is 0 Å². The van der Waals surface area contributed by atoms with Gasteiger partial charge in [-0.15, -0.1) is 0 Å². The van der Waals surface area contributed by atoms with Crippen molar-refractivity contribution in [1.82, 2.24) is 0 Å². The number of hydrogen-bond donors (Lipinski definition) is 0. The maximum absolute atomic E-state index is 12.9. The van der Waals surface area contributed by atoms with Gasteiger partial charge < -0.3 is 14.2 Å². The van der Waals surface area contributed by atoms with Gasteiger partial charge in [-0.05, 0) is 89.9 Å². The van der Waals surface area contributed by atoms with Gasteiger partial charge >= 0.3 is 17.9 Å². The second kappa shape index (κ2) is 66.4. The van der Waals surface area contributed by atoms with E-state index in [1.54, 1.807) is 0 Å². The third-order valence-corrected chi connectivity index (χ3v) is 14.9. The molecule has 452 valence electrons. The molecule has 0 aliphatic rings. The fourth-order valence-electron chi connectivity index (χ4n) is 9.88. The monoisotopic (exact) mass is 1090 g/mol. The Kier molecular flexibility index (Phi) is 63.7. The summed E-state index contributed by atoms with van der Waals surface area (Å²) >= 11 is 0. The normalized spacial score (nSPS) is 12.5. The van der Waals surface area contributed by atoms with Gasteiger partial charge in [-0.3, -0.25) is 14.4 Å². The van der Waals surface area contributed by atoms with E-state index in [1.165, 1.54) is 199 Å². The Morgan fingerprint density at radius 2 is 0.500 bits per heavy atom. The van der Waals surface area contributed by atoms with Gasteiger partial charge in [0.2, 0.25) is 0 Å². The Hall–Kier alpha value is -3.15. The van der Waals surface area contributed by atoms with Gasteiger partial charge in [0.15, 0.2) is 6.10 Å². The van der Waals surface area contributed by atoms with Crippen LogP contribution in [0.5, 0.6) is 0 Å². The highest BCUT2D eigenvalue weighted by molar-refractivity contribution is 5.71. The van der Waals surface area contributed by atoms with Crippen LogP contribution in [-0.2, 0) is 28.6 Å². The van der Waals surface area contributed by atoms with Crippen molar-refractivity contribution in [1.29, 1.82) is 0 Å². The van der Waals surface area contributed by atoms with Gasteiger partial charge in [-0.25, -0.2) is 0 Å². The molecular weight excluding hydrogens is 961 g/mol. The lowest BCUT2D eigenvalue weighted by atomic mass is 10.0. The van der Waals surface area contributed by atoms with Crippen molar-refractivity contribution in [3.05, 3.63) is 72.9 Å². The minimum absolute atomic E-state index is 0.0810. The lowest BCUT2D eigenvalue weighted by Crippen LogP contribution is -2.30. The fraction of sp³-hybridized carbons (Fsp3) is 0.792. The van der Waals surface area contributed by atoms with Crippen LogP contribution in [0.2, 0.25) is 0 Å². The van der Waals surface area contributed by atoms with Crippen molar-refractivity contribution >= 4 is 17.9 Å². The number of rotatable bonds is 62. The van der Waals surface area contributed by atoms with Crippen molar-refractivity contribution in [2.45, 2.75) is 354 Å². The largest absolute Gasteiger partial charge is 0.462 e. The quantitative estimate of drug-likeness (QED) is 0.0261. The van der Waals surface area contributed by atoms with E-state index < -0.39 is 6.10 Å². The topological polar surface area (TPSA) is 78.9 Å². The van der Waals surface area contributed by atoms with E-state index in [4.69, 9.17) is 14.2 Å². The molecule has 0 N–H and O–H groups in total. The van der Waals surface area contributed by atoms with Crippen molar-refractivity contribution in [2.24, 2.45) is 0 Å². The van der Waals surface area contributed by atoms with E-state index in [-0.39, 0.29) is 31.1 Å². The Labute approximate surface area is 484 Å². The van der Waals surface area contributed by atoms with E-state index in [0.29, 0.717) is 19.3 Å². The summed E-state index contributed by atoms with van der Waals surface area (Å²) in [6.07, 6.45) is 86.3. The molecule has 0 aliphatic carbocycles. The first kappa shape index (κ1) is 74.8. The summed E-state index contributed by atoms with van der Waals surface area (Å²) in [6.45, 7) is 6.55. The fourth-order valence-corrected chi connectivity index (χ4v) is 9.88. The number of unbranched alkanes of at least 4 members (excludes halogenated alkanes) is 39. The molecule has 0 aromatic rings. The molecule has 1 unspecified atom stereocenters. The van der Waals surface area contributed by atoms with Gasteiger partial charge in [0.05, 0.1) is 0 Å². The summed E-state index contributed by atoms with van der Waals surface area (Å²) in [7, 11) is 0. The van der Waals surface area contributed by atoms with Crippen LogP contribution in [0, 0.1) is 0 Å². The zero-order valence-corrected chi connectivity index (χ0v) is 51.9. The second-order valence-electron chi connectivity index (χ2n) is 22.7.